The summed E-state index contributed by atoms with van der Waals surface area (Å²) in [6.07, 6.45) is 0. The monoisotopic (exact) mass is 984 g/mol. The zero-order valence-corrected chi connectivity index (χ0v) is 42.0. The van der Waals surface area contributed by atoms with Gasteiger partial charge in [-0.3, -0.25) is 0 Å². The van der Waals surface area contributed by atoms with Crippen LogP contribution < -0.4 is 31.8 Å². The molecule has 0 N–H and O–H groups in total. The summed E-state index contributed by atoms with van der Waals surface area (Å²) in [5, 5.41) is 12.8. The van der Waals surface area contributed by atoms with Gasteiger partial charge in [0.05, 0.1) is 22.1 Å². The molecule has 0 fully saturated rings. The first-order valence-corrected chi connectivity index (χ1v) is 28.5. The summed E-state index contributed by atoms with van der Waals surface area (Å²) in [5.74, 6) is 0. The van der Waals surface area contributed by atoms with E-state index < -0.39 is 14.3 Å². The summed E-state index contributed by atoms with van der Waals surface area (Å²) < 4.78 is 39.3. The Morgan fingerprint density at radius 1 is 0.230 bits per heavy atom. The molecule has 14 aromatic rings. The molecule has 12 aromatic carbocycles. The van der Waals surface area contributed by atoms with Gasteiger partial charge in [0.25, 0.3) is 0 Å². The number of nitrogens with zero attached hydrogens (tertiary/aromatic N) is 2. The second-order valence-corrected chi connectivity index (χ2v) is 24.5. The molecule has 0 bridgehead atoms. The van der Waals surface area contributed by atoms with E-state index in [1.54, 1.807) is 0 Å². The SMILES string of the molecule is O=P(c1ccccc1)(c1ccc(-n2c3ccccc3c3ccccc32)cc1)c1ccc2ccccc2c1-c1c(P(=O)(c2ccccc2)c2ccc(-n3c4ccccc4c4ccccc43)cc2)ccc2ccccc12. The minimum Gasteiger partial charge on any atom is -0.309 e. The third kappa shape index (κ3) is 6.69. The van der Waals surface area contributed by atoms with Gasteiger partial charge in [0.2, 0.25) is 0 Å². The van der Waals surface area contributed by atoms with Crippen LogP contribution in [0.1, 0.15) is 0 Å². The van der Waals surface area contributed by atoms with Gasteiger partial charge in [-0.15, -0.1) is 0 Å². The molecule has 0 saturated carbocycles. The first-order valence-electron chi connectivity index (χ1n) is 25.0. The molecule has 14 rings (SSSR count). The third-order valence-electron chi connectivity index (χ3n) is 15.1. The average Bonchev–Trinajstić information content (AvgIpc) is 4.04. The van der Waals surface area contributed by atoms with Crippen molar-refractivity contribution in [3.05, 3.63) is 279 Å². The Morgan fingerprint density at radius 2 is 0.500 bits per heavy atom. The summed E-state index contributed by atoms with van der Waals surface area (Å²) in [5.41, 5.74) is 8.02. The number of hydrogen-bond donors (Lipinski definition) is 0. The molecule has 2 heterocycles. The highest BCUT2D eigenvalue weighted by molar-refractivity contribution is 7.86. The first kappa shape index (κ1) is 44.0. The average molecular weight is 985 g/mol. The predicted octanol–water partition coefficient (Wildman–Crippen LogP) is 15.1. The van der Waals surface area contributed by atoms with Gasteiger partial charge in [-0.1, -0.05) is 194 Å². The van der Waals surface area contributed by atoms with Crippen LogP contribution in [0.4, 0.5) is 0 Å². The second kappa shape index (κ2) is 17.5. The van der Waals surface area contributed by atoms with E-state index in [4.69, 9.17) is 0 Å². The fraction of sp³-hybridized carbons (Fsp3) is 0. The first-order chi connectivity index (χ1) is 36.5. The summed E-state index contributed by atoms with van der Waals surface area (Å²) >= 11 is 0. The van der Waals surface area contributed by atoms with Gasteiger partial charge >= 0.3 is 0 Å². The molecule has 2 aromatic heterocycles. The van der Waals surface area contributed by atoms with E-state index in [1.165, 1.54) is 21.5 Å². The molecule has 0 saturated heterocycles. The fourth-order valence-electron chi connectivity index (χ4n) is 11.7. The van der Waals surface area contributed by atoms with Gasteiger partial charge in [-0.05, 0) is 106 Å². The lowest BCUT2D eigenvalue weighted by Crippen LogP contribution is -2.30. The molecule has 0 amide bonds. The molecule has 4 nitrogen and oxygen atoms in total. The zero-order chi connectivity index (χ0) is 49.4. The number of fused-ring (bicyclic) bond motifs is 8. The molecule has 350 valence electrons. The van der Waals surface area contributed by atoms with Gasteiger partial charge in [0, 0.05) is 75.9 Å². The van der Waals surface area contributed by atoms with Crippen molar-refractivity contribution >= 4 is 111 Å². The van der Waals surface area contributed by atoms with Crippen molar-refractivity contribution in [2.45, 2.75) is 0 Å². The minimum absolute atomic E-state index is 0.686. The van der Waals surface area contributed by atoms with Crippen molar-refractivity contribution in [3.63, 3.8) is 0 Å². The molecule has 0 aliphatic rings. The standard InChI is InChI=1S/C68H46N2O2P2/c71-73(51-21-3-1-4-22-51,53-41-37-49(38-42-53)69-61-31-15-11-27-57(61)58-28-12-16-32-62(58)69)65-45-35-47-19-7-9-25-55(47)67(65)68-56-26-10-8-20-48(56)36-46-66(68)74(72,52-23-5-2-6-24-52)54-43-39-50(40-44-54)70-63-33-17-13-29-59(63)60-30-14-18-34-64(60)70/h1-46H. The number of benzene rings is 12. The van der Waals surface area contributed by atoms with Crippen LogP contribution >= 0.6 is 14.3 Å². The molecule has 6 heteroatoms. The molecule has 2 atom stereocenters. The highest BCUT2D eigenvalue weighted by atomic mass is 31.2. The normalized spacial score (nSPS) is 13.5. The third-order valence-corrected chi connectivity index (χ3v) is 21.3. The van der Waals surface area contributed by atoms with Crippen molar-refractivity contribution in [1.82, 2.24) is 9.13 Å². The number of para-hydroxylation sites is 4. The fourth-order valence-corrected chi connectivity index (χ4v) is 17.4. The van der Waals surface area contributed by atoms with Crippen LogP contribution in [0, 0.1) is 0 Å². The Labute approximate surface area is 428 Å². The maximum atomic E-state index is 17.4. The topological polar surface area (TPSA) is 44.0 Å². The highest BCUT2D eigenvalue weighted by Gasteiger charge is 2.38. The molecule has 0 aliphatic carbocycles. The summed E-state index contributed by atoms with van der Waals surface area (Å²) in [4.78, 5) is 0. The van der Waals surface area contributed by atoms with E-state index in [-0.39, 0.29) is 0 Å². The van der Waals surface area contributed by atoms with E-state index in [9.17, 15) is 0 Å². The molecular weight excluding hydrogens is 939 g/mol. The Morgan fingerprint density at radius 3 is 0.838 bits per heavy atom. The smallest absolute Gasteiger partial charge is 0.171 e. The van der Waals surface area contributed by atoms with Crippen LogP contribution in [-0.4, -0.2) is 9.13 Å². The van der Waals surface area contributed by atoms with E-state index in [0.717, 1.165) is 76.7 Å². The Hall–Kier alpha value is -8.78. The van der Waals surface area contributed by atoms with Gasteiger partial charge in [-0.25, -0.2) is 0 Å². The maximum Gasteiger partial charge on any atom is 0.171 e. The largest absolute Gasteiger partial charge is 0.309 e. The van der Waals surface area contributed by atoms with Crippen LogP contribution in [0.2, 0.25) is 0 Å². The predicted molar refractivity (Wildman–Crippen MR) is 314 cm³/mol. The molecule has 0 radical (unpaired) electrons. The molecule has 0 aliphatic heterocycles. The van der Waals surface area contributed by atoms with Crippen LogP contribution in [0.5, 0.6) is 0 Å². The van der Waals surface area contributed by atoms with Crippen LogP contribution in [0.25, 0.3) is 87.7 Å². The zero-order valence-electron chi connectivity index (χ0n) is 40.2. The van der Waals surface area contributed by atoms with Crippen molar-refractivity contribution in [2.24, 2.45) is 0 Å². The molecular formula is C68H46N2O2P2. The lowest BCUT2D eigenvalue weighted by atomic mass is 9.93. The van der Waals surface area contributed by atoms with Crippen LogP contribution in [0.15, 0.2) is 279 Å². The van der Waals surface area contributed by atoms with E-state index >= 15 is 9.13 Å². The lowest BCUT2D eigenvalue weighted by Gasteiger charge is -2.28. The van der Waals surface area contributed by atoms with Crippen molar-refractivity contribution < 1.29 is 9.13 Å². The Balaban J connectivity index is 1.03. The van der Waals surface area contributed by atoms with Crippen LogP contribution in [-0.2, 0) is 9.13 Å². The molecule has 74 heavy (non-hydrogen) atoms. The second-order valence-electron chi connectivity index (χ2n) is 19.0. The van der Waals surface area contributed by atoms with E-state index in [0.29, 0.717) is 21.2 Å². The van der Waals surface area contributed by atoms with E-state index in [1.807, 2.05) is 72.8 Å². The summed E-state index contributed by atoms with van der Waals surface area (Å²) in [7, 11) is -7.50. The van der Waals surface area contributed by atoms with Crippen molar-refractivity contribution in [3.8, 4) is 22.5 Å². The summed E-state index contributed by atoms with van der Waals surface area (Å²) in [6, 6.07) is 95.6. The molecule has 0 spiro atoms. The quantitative estimate of drug-likeness (QED) is 0.135. The lowest BCUT2D eigenvalue weighted by molar-refractivity contribution is 0.591. The minimum atomic E-state index is -3.75. The van der Waals surface area contributed by atoms with Crippen LogP contribution in [0.3, 0.4) is 0 Å². The summed E-state index contributed by atoms with van der Waals surface area (Å²) in [6.45, 7) is 0. The molecule has 2 unspecified atom stereocenters. The highest BCUT2D eigenvalue weighted by Crippen LogP contribution is 2.52. The number of rotatable bonds is 9. The van der Waals surface area contributed by atoms with Gasteiger partial charge in [-0.2, -0.15) is 0 Å². The maximum absolute atomic E-state index is 17.4. The Bertz CT molecular complexity index is 4190. The van der Waals surface area contributed by atoms with Gasteiger partial charge in [0.15, 0.2) is 14.3 Å². The Kier molecular flexibility index (Phi) is 10.4. The number of aromatic nitrogens is 2. The van der Waals surface area contributed by atoms with E-state index in [2.05, 4.69) is 215 Å². The number of hydrogen-bond acceptors (Lipinski definition) is 2. The van der Waals surface area contributed by atoms with Crippen molar-refractivity contribution in [1.29, 1.82) is 0 Å². The van der Waals surface area contributed by atoms with Crippen molar-refractivity contribution in [2.75, 3.05) is 0 Å². The van der Waals surface area contributed by atoms with Gasteiger partial charge in [0.1, 0.15) is 0 Å². The van der Waals surface area contributed by atoms with Gasteiger partial charge < -0.3 is 18.3 Å².